The van der Waals surface area contributed by atoms with Crippen molar-refractivity contribution in [3.8, 4) is 10.4 Å². The van der Waals surface area contributed by atoms with Crippen molar-refractivity contribution in [3.63, 3.8) is 0 Å². The summed E-state index contributed by atoms with van der Waals surface area (Å²) in [6.07, 6.45) is 7.25. The molecule has 39 heavy (non-hydrogen) atoms. The number of nitrogens with one attached hydrogen (secondary N) is 2. The van der Waals surface area contributed by atoms with Gasteiger partial charge in [0.2, 0.25) is 11.0 Å². The van der Waals surface area contributed by atoms with Crippen molar-refractivity contribution in [3.05, 3.63) is 46.6 Å². The SMILES string of the molecule is NC(=O)c1ncc(N[C@H]2CCCC[C@H]2N)cc1Nc1cc(-c2coc3c(=O)cc(N4CCOCC4)oc23)sn1. The fourth-order valence-corrected chi connectivity index (χ4v) is 5.73. The van der Waals surface area contributed by atoms with Crippen LogP contribution in [-0.4, -0.2) is 53.7 Å². The quantitative estimate of drug-likeness (QED) is 0.265. The van der Waals surface area contributed by atoms with E-state index >= 15 is 0 Å². The third-order valence-electron chi connectivity index (χ3n) is 7.08. The number of ether oxygens (including phenoxy) is 1. The Morgan fingerprint density at radius 2 is 1.95 bits per heavy atom. The van der Waals surface area contributed by atoms with Gasteiger partial charge >= 0.3 is 0 Å². The summed E-state index contributed by atoms with van der Waals surface area (Å²) in [6, 6.07) is 5.21. The molecule has 12 nitrogen and oxygen atoms in total. The summed E-state index contributed by atoms with van der Waals surface area (Å²) in [5.74, 6) is 0.291. The number of carbonyl (C=O) groups is 1. The third-order valence-corrected chi connectivity index (χ3v) is 7.91. The van der Waals surface area contributed by atoms with Gasteiger partial charge in [0, 0.05) is 31.2 Å². The van der Waals surface area contributed by atoms with Gasteiger partial charge in [-0.25, -0.2) is 4.98 Å². The average Bonchev–Trinajstić information content (AvgIpc) is 3.58. The Kier molecular flexibility index (Phi) is 6.94. The molecule has 0 bridgehead atoms. The number of primary amides is 1. The van der Waals surface area contributed by atoms with Crippen LogP contribution in [0.25, 0.3) is 21.6 Å². The van der Waals surface area contributed by atoms with Crippen LogP contribution in [0.3, 0.4) is 0 Å². The molecule has 0 aromatic carbocycles. The first kappa shape index (κ1) is 25.3. The van der Waals surface area contributed by atoms with Gasteiger partial charge in [0.1, 0.15) is 12.1 Å². The minimum atomic E-state index is -0.660. The van der Waals surface area contributed by atoms with Crippen molar-refractivity contribution in [2.45, 2.75) is 37.8 Å². The molecule has 5 heterocycles. The van der Waals surface area contributed by atoms with Gasteiger partial charge < -0.3 is 40.6 Å². The van der Waals surface area contributed by atoms with Gasteiger partial charge in [0.15, 0.2) is 17.2 Å². The van der Waals surface area contributed by atoms with Gasteiger partial charge in [-0.3, -0.25) is 9.59 Å². The van der Waals surface area contributed by atoms with E-state index in [1.54, 1.807) is 18.3 Å². The highest BCUT2D eigenvalue weighted by molar-refractivity contribution is 7.10. The van der Waals surface area contributed by atoms with Crippen LogP contribution in [0.5, 0.6) is 0 Å². The molecule has 204 valence electrons. The second kappa shape index (κ2) is 10.7. The molecule has 4 aromatic heterocycles. The Morgan fingerprint density at radius 1 is 1.13 bits per heavy atom. The molecular weight excluding hydrogens is 522 g/mol. The number of hydrogen-bond acceptors (Lipinski definition) is 12. The van der Waals surface area contributed by atoms with Crippen molar-refractivity contribution < 1.29 is 18.4 Å². The molecule has 0 spiro atoms. The van der Waals surface area contributed by atoms with E-state index in [4.69, 9.17) is 25.0 Å². The van der Waals surface area contributed by atoms with Crippen molar-refractivity contribution in [1.82, 2.24) is 9.36 Å². The Morgan fingerprint density at radius 3 is 2.74 bits per heavy atom. The maximum atomic E-state index is 12.7. The lowest BCUT2D eigenvalue weighted by Crippen LogP contribution is -2.42. The van der Waals surface area contributed by atoms with E-state index in [0.29, 0.717) is 54.8 Å². The lowest BCUT2D eigenvalue weighted by atomic mass is 9.91. The number of hydrogen-bond donors (Lipinski definition) is 4. The second-order valence-corrected chi connectivity index (χ2v) is 10.5. The Balaban J connectivity index is 1.28. The third kappa shape index (κ3) is 5.20. The molecule has 1 aliphatic heterocycles. The highest BCUT2D eigenvalue weighted by Crippen LogP contribution is 2.36. The van der Waals surface area contributed by atoms with Gasteiger partial charge in [-0.1, -0.05) is 12.8 Å². The normalized spacial score (nSPS) is 19.8. The molecule has 2 atom stereocenters. The Hall–Kier alpha value is -3.94. The molecule has 6 rings (SSSR count). The predicted octanol–water partition coefficient (Wildman–Crippen LogP) is 3.27. The van der Waals surface area contributed by atoms with Crippen LogP contribution >= 0.6 is 11.5 Å². The van der Waals surface area contributed by atoms with Gasteiger partial charge in [-0.05, 0) is 30.4 Å². The van der Waals surface area contributed by atoms with E-state index in [0.717, 1.165) is 36.2 Å². The molecule has 0 radical (unpaired) electrons. The number of amides is 1. The zero-order chi connectivity index (χ0) is 26.9. The fourth-order valence-electron chi connectivity index (χ4n) is 5.03. The maximum Gasteiger partial charge on any atom is 0.269 e. The first-order valence-corrected chi connectivity index (χ1v) is 13.7. The number of furan rings is 1. The summed E-state index contributed by atoms with van der Waals surface area (Å²) in [4.78, 5) is 31.8. The zero-order valence-electron chi connectivity index (χ0n) is 21.1. The molecule has 4 aromatic rings. The van der Waals surface area contributed by atoms with E-state index in [-0.39, 0.29) is 28.8 Å². The van der Waals surface area contributed by atoms with Crippen LogP contribution in [0.1, 0.15) is 36.2 Å². The molecule has 0 unspecified atom stereocenters. The summed E-state index contributed by atoms with van der Waals surface area (Å²) < 4.78 is 21.6. The number of rotatable bonds is 7. The molecule has 1 saturated carbocycles. The Labute approximate surface area is 227 Å². The van der Waals surface area contributed by atoms with Crippen LogP contribution in [0.4, 0.5) is 23.1 Å². The maximum absolute atomic E-state index is 12.7. The van der Waals surface area contributed by atoms with E-state index in [2.05, 4.69) is 20.0 Å². The molecule has 1 saturated heterocycles. The number of fused-ring (bicyclic) bond motifs is 1. The number of morpholine rings is 1. The minimum Gasteiger partial charge on any atom is -0.456 e. The first-order valence-electron chi connectivity index (χ1n) is 12.9. The van der Waals surface area contributed by atoms with Crippen molar-refractivity contribution in [2.24, 2.45) is 11.5 Å². The lowest BCUT2D eigenvalue weighted by molar-refractivity contribution is 0.0996. The highest BCUT2D eigenvalue weighted by Gasteiger charge is 2.23. The molecule has 1 aliphatic carbocycles. The summed E-state index contributed by atoms with van der Waals surface area (Å²) in [5.41, 5.74) is 14.0. The summed E-state index contributed by atoms with van der Waals surface area (Å²) in [7, 11) is 0. The van der Waals surface area contributed by atoms with Crippen LogP contribution < -0.4 is 32.4 Å². The summed E-state index contributed by atoms with van der Waals surface area (Å²) in [5, 5.41) is 6.61. The zero-order valence-corrected chi connectivity index (χ0v) is 22.0. The molecule has 6 N–H and O–H groups in total. The van der Waals surface area contributed by atoms with Crippen LogP contribution in [0.15, 0.2) is 44.3 Å². The molecule has 2 fully saturated rings. The number of carbonyl (C=O) groups excluding carboxylic acids is 1. The lowest BCUT2D eigenvalue weighted by Gasteiger charge is -2.30. The predicted molar refractivity (Wildman–Crippen MR) is 149 cm³/mol. The van der Waals surface area contributed by atoms with Crippen LogP contribution in [0, 0.1) is 0 Å². The topological polar surface area (TPSA) is 175 Å². The van der Waals surface area contributed by atoms with E-state index < -0.39 is 5.91 Å². The van der Waals surface area contributed by atoms with Gasteiger partial charge in [-0.15, -0.1) is 0 Å². The monoisotopic (exact) mass is 551 g/mol. The number of nitrogens with zero attached hydrogens (tertiary/aromatic N) is 3. The van der Waals surface area contributed by atoms with E-state index in [1.807, 2.05) is 4.90 Å². The van der Waals surface area contributed by atoms with Crippen molar-refractivity contribution >= 4 is 51.7 Å². The second-order valence-electron chi connectivity index (χ2n) is 9.74. The van der Waals surface area contributed by atoms with Crippen molar-refractivity contribution in [2.75, 3.05) is 41.8 Å². The Bertz CT molecular complexity index is 1560. The number of aromatic nitrogens is 2. The van der Waals surface area contributed by atoms with Gasteiger partial charge in [0.05, 0.1) is 47.3 Å². The standard InChI is InChI=1S/C26H29N7O5S/c27-16-3-1-2-4-17(16)30-14-9-18(23(26(28)35)29-12-14)31-21-11-20(39-32-21)15-13-37-25-19(34)10-22(38-24(15)25)33-5-7-36-8-6-33/h9-13,16-17,30H,1-8,27H2,(H2,28,35)(H,31,32)/t16-,17+/m1/s1. The minimum absolute atomic E-state index is 0.0562. The van der Waals surface area contributed by atoms with Crippen molar-refractivity contribution in [1.29, 1.82) is 0 Å². The highest BCUT2D eigenvalue weighted by atomic mass is 32.1. The van der Waals surface area contributed by atoms with E-state index in [9.17, 15) is 9.59 Å². The molecular formula is C26H29N7O5S. The van der Waals surface area contributed by atoms with Crippen LogP contribution in [0.2, 0.25) is 0 Å². The summed E-state index contributed by atoms with van der Waals surface area (Å²) >= 11 is 1.20. The van der Waals surface area contributed by atoms with Gasteiger partial charge in [-0.2, -0.15) is 4.37 Å². The van der Waals surface area contributed by atoms with Gasteiger partial charge in [0.25, 0.3) is 5.91 Å². The average molecular weight is 552 g/mol. The largest absolute Gasteiger partial charge is 0.456 e. The van der Waals surface area contributed by atoms with E-state index in [1.165, 1.54) is 23.9 Å². The smallest absolute Gasteiger partial charge is 0.269 e. The molecule has 1 amide bonds. The summed E-state index contributed by atoms with van der Waals surface area (Å²) in [6.45, 7) is 2.40. The molecule has 2 aliphatic rings. The molecule has 13 heteroatoms. The number of anilines is 4. The fraction of sp³-hybridized carbons (Fsp3) is 0.385. The number of pyridine rings is 1. The number of nitrogens with two attached hydrogens (primary N) is 2. The van der Waals surface area contributed by atoms with Crippen LogP contribution in [-0.2, 0) is 4.74 Å². The first-order chi connectivity index (χ1) is 19.0.